The fraction of sp³-hybridized carbons (Fsp3) is 0.185. The van der Waals surface area contributed by atoms with Crippen LogP contribution in [0.3, 0.4) is 0 Å². The number of carbonyl (C=O) groups excluding carboxylic acids is 1. The zero-order chi connectivity index (χ0) is 24.9. The third-order valence-corrected chi connectivity index (χ3v) is 6.99. The monoisotopic (exact) mass is 498 g/mol. The van der Waals surface area contributed by atoms with E-state index in [9.17, 15) is 4.79 Å². The van der Waals surface area contributed by atoms with E-state index in [0.717, 1.165) is 39.0 Å². The van der Waals surface area contributed by atoms with Crippen LogP contribution in [0.1, 0.15) is 22.6 Å². The number of methoxy groups -OCH3 is 1. The minimum absolute atomic E-state index is 0.0288. The molecule has 182 valence electrons. The summed E-state index contributed by atoms with van der Waals surface area (Å²) in [5.74, 6) is 0.883. The summed E-state index contributed by atoms with van der Waals surface area (Å²) in [6.45, 7) is 2.48. The van der Waals surface area contributed by atoms with Gasteiger partial charge in [0, 0.05) is 29.6 Å². The number of nitrogens with one attached hydrogen (secondary N) is 2. The molecule has 0 bridgehead atoms. The first-order valence-corrected chi connectivity index (χ1v) is 12.6. The van der Waals surface area contributed by atoms with Gasteiger partial charge in [-0.05, 0) is 58.8 Å². The quantitative estimate of drug-likeness (QED) is 0.291. The van der Waals surface area contributed by atoms with Crippen LogP contribution in [0.5, 0.6) is 5.75 Å². The highest BCUT2D eigenvalue weighted by Crippen LogP contribution is 2.31. The van der Waals surface area contributed by atoms with Crippen molar-refractivity contribution < 1.29 is 9.53 Å². The van der Waals surface area contributed by atoms with Crippen molar-refractivity contribution in [2.75, 3.05) is 19.4 Å². The lowest BCUT2D eigenvalue weighted by atomic mass is 9.91. The molecule has 0 saturated heterocycles. The SMILES string of the molecule is COc1ccc(C(CNC(=O)CSc2nnnn2-c2ccc(C)cc2)c2c[nH]c3ccccc23)cc1. The molecule has 2 aromatic heterocycles. The number of aryl methyl sites for hydroxylation is 1. The summed E-state index contributed by atoms with van der Waals surface area (Å²) in [5, 5.41) is 16.8. The molecule has 5 rings (SSSR count). The molecule has 0 spiro atoms. The topological polar surface area (TPSA) is 97.7 Å². The van der Waals surface area contributed by atoms with Crippen LogP contribution in [0.15, 0.2) is 84.1 Å². The minimum Gasteiger partial charge on any atom is -0.497 e. The summed E-state index contributed by atoms with van der Waals surface area (Å²) in [6.07, 6.45) is 2.02. The van der Waals surface area contributed by atoms with Gasteiger partial charge in [-0.2, -0.15) is 4.68 Å². The molecular formula is C27H26N6O2S. The maximum atomic E-state index is 12.9. The van der Waals surface area contributed by atoms with Crippen LogP contribution in [0.4, 0.5) is 0 Å². The average molecular weight is 499 g/mol. The predicted molar refractivity (Wildman–Crippen MR) is 141 cm³/mol. The van der Waals surface area contributed by atoms with Gasteiger partial charge in [0.1, 0.15) is 5.75 Å². The molecule has 36 heavy (non-hydrogen) atoms. The van der Waals surface area contributed by atoms with Gasteiger partial charge in [-0.3, -0.25) is 4.79 Å². The molecule has 2 heterocycles. The van der Waals surface area contributed by atoms with E-state index in [2.05, 4.69) is 38.0 Å². The highest BCUT2D eigenvalue weighted by atomic mass is 32.2. The Morgan fingerprint density at radius 2 is 1.86 bits per heavy atom. The van der Waals surface area contributed by atoms with Gasteiger partial charge in [0.2, 0.25) is 11.1 Å². The first-order chi connectivity index (χ1) is 17.6. The second kappa shape index (κ2) is 10.7. The summed E-state index contributed by atoms with van der Waals surface area (Å²) in [6, 6.07) is 24.1. The number of hydrogen-bond donors (Lipinski definition) is 2. The Hall–Kier alpha value is -4.11. The molecule has 0 radical (unpaired) electrons. The smallest absolute Gasteiger partial charge is 0.230 e. The van der Waals surface area contributed by atoms with Crippen molar-refractivity contribution in [2.45, 2.75) is 18.0 Å². The number of nitrogens with zero attached hydrogens (tertiary/aromatic N) is 4. The Balaban J connectivity index is 1.30. The van der Waals surface area contributed by atoms with Crippen molar-refractivity contribution in [2.24, 2.45) is 0 Å². The van der Waals surface area contributed by atoms with E-state index in [1.165, 1.54) is 11.8 Å². The summed E-state index contributed by atoms with van der Waals surface area (Å²) >= 11 is 1.31. The molecule has 0 saturated carbocycles. The van der Waals surface area contributed by atoms with E-state index >= 15 is 0 Å². The number of tetrazole rings is 1. The van der Waals surface area contributed by atoms with Crippen LogP contribution in [0.2, 0.25) is 0 Å². The van der Waals surface area contributed by atoms with Crippen LogP contribution >= 0.6 is 11.8 Å². The number of para-hydroxylation sites is 1. The Kier molecular flexibility index (Phi) is 6.99. The second-order valence-electron chi connectivity index (χ2n) is 8.42. The molecule has 0 aliphatic carbocycles. The maximum Gasteiger partial charge on any atom is 0.230 e. The fourth-order valence-corrected chi connectivity index (χ4v) is 4.86. The van der Waals surface area contributed by atoms with E-state index in [0.29, 0.717) is 11.7 Å². The normalized spacial score (nSPS) is 11.9. The molecule has 8 nitrogen and oxygen atoms in total. The number of carbonyl (C=O) groups is 1. The van der Waals surface area contributed by atoms with E-state index < -0.39 is 0 Å². The standard InChI is InChI=1S/C27H26N6O2S/c1-18-7-11-20(12-8-18)33-27(30-31-32-33)36-17-26(34)29-15-23(19-9-13-21(35-2)14-10-19)24-16-28-25-6-4-3-5-22(24)25/h3-14,16,23,28H,15,17H2,1-2H3,(H,29,34). The van der Waals surface area contributed by atoms with Crippen LogP contribution in [-0.4, -0.2) is 50.5 Å². The van der Waals surface area contributed by atoms with Crippen molar-refractivity contribution >= 4 is 28.6 Å². The summed E-state index contributed by atoms with van der Waals surface area (Å²) in [4.78, 5) is 16.2. The molecule has 5 aromatic rings. The lowest BCUT2D eigenvalue weighted by molar-refractivity contribution is -0.118. The predicted octanol–water partition coefficient (Wildman–Crippen LogP) is 4.50. The molecule has 1 unspecified atom stereocenters. The van der Waals surface area contributed by atoms with Crippen molar-refractivity contribution in [1.82, 2.24) is 30.5 Å². The molecule has 0 aliphatic heterocycles. The van der Waals surface area contributed by atoms with Crippen molar-refractivity contribution in [3.05, 3.63) is 95.7 Å². The first kappa shape index (κ1) is 23.6. The van der Waals surface area contributed by atoms with E-state index in [-0.39, 0.29) is 17.6 Å². The third-order valence-electron chi connectivity index (χ3n) is 6.07. The molecule has 0 fully saturated rings. The Bertz CT molecular complexity index is 1460. The van der Waals surface area contributed by atoms with Crippen molar-refractivity contribution in [1.29, 1.82) is 0 Å². The number of thioether (sulfide) groups is 1. The molecule has 2 N–H and O–H groups in total. The number of benzene rings is 3. The molecular weight excluding hydrogens is 472 g/mol. The van der Waals surface area contributed by atoms with Gasteiger partial charge in [-0.25, -0.2) is 0 Å². The third kappa shape index (κ3) is 5.11. The lowest BCUT2D eigenvalue weighted by Gasteiger charge is -2.18. The van der Waals surface area contributed by atoms with E-state index in [4.69, 9.17) is 4.74 Å². The van der Waals surface area contributed by atoms with E-state index in [1.54, 1.807) is 11.8 Å². The summed E-state index contributed by atoms with van der Waals surface area (Å²) < 4.78 is 6.97. The van der Waals surface area contributed by atoms with Gasteiger partial charge in [0.15, 0.2) is 0 Å². The summed E-state index contributed by atoms with van der Waals surface area (Å²) in [7, 11) is 1.65. The number of aromatic amines is 1. The lowest BCUT2D eigenvalue weighted by Crippen LogP contribution is -2.30. The molecule has 3 aromatic carbocycles. The number of aromatic nitrogens is 5. The number of rotatable bonds is 9. The fourth-order valence-electron chi connectivity index (χ4n) is 4.14. The Labute approximate surface area is 213 Å². The van der Waals surface area contributed by atoms with Crippen molar-refractivity contribution in [3.63, 3.8) is 0 Å². The van der Waals surface area contributed by atoms with Gasteiger partial charge in [-0.1, -0.05) is 59.8 Å². The zero-order valence-electron chi connectivity index (χ0n) is 20.0. The van der Waals surface area contributed by atoms with Crippen LogP contribution in [-0.2, 0) is 4.79 Å². The van der Waals surface area contributed by atoms with Gasteiger partial charge in [0.05, 0.1) is 18.6 Å². The van der Waals surface area contributed by atoms with Gasteiger partial charge in [0.25, 0.3) is 0 Å². The highest BCUT2D eigenvalue weighted by molar-refractivity contribution is 7.99. The zero-order valence-corrected chi connectivity index (χ0v) is 20.8. The number of fused-ring (bicyclic) bond motifs is 1. The van der Waals surface area contributed by atoms with Crippen molar-refractivity contribution in [3.8, 4) is 11.4 Å². The van der Waals surface area contributed by atoms with Crippen LogP contribution in [0, 0.1) is 6.92 Å². The number of hydrogen-bond acceptors (Lipinski definition) is 6. The van der Waals surface area contributed by atoms with Gasteiger partial charge < -0.3 is 15.0 Å². The molecule has 0 aliphatic rings. The molecule has 1 amide bonds. The number of amides is 1. The minimum atomic E-state index is -0.0863. The Morgan fingerprint density at radius 1 is 1.08 bits per heavy atom. The van der Waals surface area contributed by atoms with Gasteiger partial charge >= 0.3 is 0 Å². The largest absolute Gasteiger partial charge is 0.497 e. The van der Waals surface area contributed by atoms with Gasteiger partial charge in [-0.15, -0.1) is 5.10 Å². The molecule has 9 heteroatoms. The second-order valence-corrected chi connectivity index (χ2v) is 9.36. The highest BCUT2D eigenvalue weighted by Gasteiger charge is 2.20. The Morgan fingerprint density at radius 3 is 2.64 bits per heavy atom. The number of H-pyrrole nitrogens is 1. The van der Waals surface area contributed by atoms with E-state index in [1.807, 2.05) is 73.8 Å². The van der Waals surface area contributed by atoms with Crippen LogP contribution in [0.25, 0.3) is 16.6 Å². The summed E-state index contributed by atoms with van der Waals surface area (Å²) in [5.41, 5.74) is 5.30. The molecule has 1 atom stereocenters. The maximum absolute atomic E-state index is 12.9. The first-order valence-electron chi connectivity index (χ1n) is 11.6. The van der Waals surface area contributed by atoms with Crippen LogP contribution < -0.4 is 10.1 Å². The average Bonchev–Trinajstić information content (AvgIpc) is 3.56. The number of ether oxygens (including phenoxy) is 1.